The van der Waals surface area contributed by atoms with Crippen LogP contribution in [0, 0.1) is 22.7 Å². The van der Waals surface area contributed by atoms with Crippen molar-refractivity contribution in [1.82, 2.24) is 0 Å². The van der Waals surface area contributed by atoms with Gasteiger partial charge < -0.3 is 5.11 Å². The number of aliphatic hydroxyl groups is 1. The lowest BCUT2D eigenvalue weighted by Crippen LogP contribution is -2.51. The molecule has 0 bridgehead atoms. The molecule has 1 rings (SSSR count). The zero-order chi connectivity index (χ0) is 13.1. The van der Waals surface area contributed by atoms with Gasteiger partial charge in [-0.25, -0.2) is 0 Å². The second-order valence-corrected chi connectivity index (χ2v) is 5.66. The van der Waals surface area contributed by atoms with Gasteiger partial charge >= 0.3 is 0 Å². The number of allylic oxidation sites excluding steroid dienone is 2. The summed E-state index contributed by atoms with van der Waals surface area (Å²) in [5.41, 5.74) is -0.304. The van der Waals surface area contributed by atoms with E-state index >= 15 is 0 Å². The predicted molar refractivity (Wildman–Crippen MR) is 70.3 cm³/mol. The Labute approximate surface area is 105 Å². The first-order chi connectivity index (χ1) is 7.91. The summed E-state index contributed by atoms with van der Waals surface area (Å²) in [6.07, 6.45) is 6.83. The third kappa shape index (κ3) is 2.40. The molecule has 1 saturated carbocycles. The smallest absolute Gasteiger partial charge is 0.0894 e. The highest BCUT2D eigenvalue weighted by atomic mass is 16.3. The van der Waals surface area contributed by atoms with Gasteiger partial charge in [0.15, 0.2) is 0 Å². The van der Waals surface area contributed by atoms with Gasteiger partial charge in [-0.05, 0) is 39.5 Å². The van der Waals surface area contributed by atoms with Crippen LogP contribution in [0.25, 0.3) is 0 Å². The summed E-state index contributed by atoms with van der Waals surface area (Å²) < 4.78 is 0. The van der Waals surface area contributed by atoms with Gasteiger partial charge in [-0.2, -0.15) is 5.26 Å². The highest BCUT2D eigenvalue weighted by molar-refractivity contribution is 5.19. The molecule has 0 radical (unpaired) electrons. The second kappa shape index (κ2) is 5.23. The molecule has 0 unspecified atom stereocenters. The van der Waals surface area contributed by atoms with Crippen molar-refractivity contribution in [3.8, 4) is 6.07 Å². The van der Waals surface area contributed by atoms with E-state index in [-0.39, 0.29) is 5.92 Å². The molecule has 17 heavy (non-hydrogen) atoms. The van der Waals surface area contributed by atoms with Crippen molar-refractivity contribution in [3.63, 3.8) is 0 Å². The van der Waals surface area contributed by atoms with Crippen molar-refractivity contribution in [2.45, 2.75) is 65.4 Å². The predicted octanol–water partition coefficient (Wildman–Crippen LogP) is 3.81. The average molecular weight is 235 g/mol. The Morgan fingerprint density at radius 3 is 2.35 bits per heavy atom. The first-order valence-electron chi connectivity index (χ1n) is 6.68. The molecule has 0 aromatic carbocycles. The quantitative estimate of drug-likeness (QED) is 0.756. The molecule has 0 amide bonds. The summed E-state index contributed by atoms with van der Waals surface area (Å²) >= 11 is 0. The molecule has 0 aliphatic heterocycles. The van der Waals surface area contributed by atoms with Gasteiger partial charge in [0.05, 0.1) is 17.1 Å². The Hall–Kier alpha value is -0.810. The van der Waals surface area contributed by atoms with Gasteiger partial charge in [0.2, 0.25) is 0 Å². The molecule has 0 heterocycles. The number of rotatable bonds is 3. The number of nitrogens with zero attached hydrogens (tertiary/aromatic N) is 1. The van der Waals surface area contributed by atoms with Crippen LogP contribution in [0.2, 0.25) is 0 Å². The highest BCUT2D eigenvalue weighted by Crippen LogP contribution is 2.48. The molecule has 2 nitrogen and oxygen atoms in total. The molecule has 2 atom stereocenters. The van der Waals surface area contributed by atoms with E-state index in [0.29, 0.717) is 0 Å². The SMILES string of the molecule is C/C=C(\C)[C@H](C)[C@@](C)(C#N)C1(O)CCCCC1. The van der Waals surface area contributed by atoms with E-state index in [9.17, 15) is 10.4 Å². The van der Waals surface area contributed by atoms with Crippen LogP contribution in [0.5, 0.6) is 0 Å². The summed E-state index contributed by atoms with van der Waals surface area (Å²) in [6.45, 7) is 8.03. The van der Waals surface area contributed by atoms with E-state index in [4.69, 9.17) is 0 Å². The molecule has 1 N–H and O–H groups in total. The standard InChI is InChI=1S/C15H25NO/c1-5-12(2)13(3)14(4,11-16)15(17)9-7-6-8-10-15/h5,13,17H,6-10H2,1-4H3/b12-5+/t13-,14+/m0/s1. The Balaban J connectivity index is 3.06. The minimum Gasteiger partial charge on any atom is -0.388 e. The lowest BCUT2D eigenvalue weighted by Gasteiger charge is -2.46. The van der Waals surface area contributed by atoms with Gasteiger partial charge in [-0.3, -0.25) is 0 Å². The van der Waals surface area contributed by atoms with Gasteiger partial charge in [-0.1, -0.05) is 37.8 Å². The van der Waals surface area contributed by atoms with E-state index in [2.05, 4.69) is 13.0 Å². The first kappa shape index (κ1) is 14.3. The zero-order valence-corrected chi connectivity index (χ0v) is 11.6. The van der Waals surface area contributed by atoms with Gasteiger partial charge in [0.1, 0.15) is 0 Å². The number of hydrogen-bond donors (Lipinski definition) is 1. The highest BCUT2D eigenvalue weighted by Gasteiger charge is 2.51. The van der Waals surface area contributed by atoms with Crippen LogP contribution in [0.15, 0.2) is 11.6 Å². The lowest BCUT2D eigenvalue weighted by molar-refractivity contribution is -0.0909. The number of hydrogen-bond acceptors (Lipinski definition) is 2. The van der Waals surface area contributed by atoms with E-state index in [1.807, 2.05) is 26.8 Å². The summed E-state index contributed by atoms with van der Waals surface area (Å²) in [5, 5.41) is 20.4. The van der Waals surface area contributed by atoms with Crippen molar-refractivity contribution < 1.29 is 5.11 Å². The molecule has 1 aliphatic carbocycles. The first-order valence-corrected chi connectivity index (χ1v) is 6.68. The molecule has 96 valence electrons. The topological polar surface area (TPSA) is 44.0 Å². The van der Waals surface area contributed by atoms with Crippen LogP contribution in [-0.2, 0) is 0 Å². The van der Waals surface area contributed by atoms with Crippen LogP contribution in [0.3, 0.4) is 0 Å². The normalized spacial score (nSPS) is 25.8. The Bertz CT molecular complexity index is 333. The van der Waals surface area contributed by atoms with E-state index < -0.39 is 11.0 Å². The summed E-state index contributed by atoms with van der Waals surface area (Å²) in [6, 6.07) is 2.41. The third-order valence-corrected chi connectivity index (χ3v) is 4.88. The molecule has 1 fully saturated rings. The van der Waals surface area contributed by atoms with Crippen molar-refractivity contribution in [3.05, 3.63) is 11.6 Å². The second-order valence-electron chi connectivity index (χ2n) is 5.66. The van der Waals surface area contributed by atoms with Crippen LogP contribution >= 0.6 is 0 Å². The minimum absolute atomic E-state index is 0.0978. The third-order valence-electron chi connectivity index (χ3n) is 4.88. The van der Waals surface area contributed by atoms with Gasteiger partial charge in [-0.15, -0.1) is 0 Å². The molecule has 0 saturated heterocycles. The van der Waals surface area contributed by atoms with E-state index in [1.54, 1.807) is 0 Å². The zero-order valence-electron chi connectivity index (χ0n) is 11.6. The lowest BCUT2D eigenvalue weighted by atomic mass is 9.60. The molecule has 0 aromatic heterocycles. The van der Waals surface area contributed by atoms with Crippen LogP contribution < -0.4 is 0 Å². The van der Waals surface area contributed by atoms with Crippen molar-refractivity contribution in [2.75, 3.05) is 0 Å². The molecular weight excluding hydrogens is 210 g/mol. The minimum atomic E-state index is -0.816. The van der Waals surface area contributed by atoms with Crippen LogP contribution in [-0.4, -0.2) is 10.7 Å². The summed E-state index contributed by atoms with van der Waals surface area (Å²) in [7, 11) is 0. The number of nitriles is 1. The summed E-state index contributed by atoms with van der Waals surface area (Å²) in [5.74, 6) is 0.0978. The van der Waals surface area contributed by atoms with Gasteiger partial charge in [0.25, 0.3) is 0 Å². The van der Waals surface area contributed by atoms with Crippen LogP contribution in [0.1, 0.15) is 59.8 Å². The molecule has 0 aromatic rings. The fraction of sp³-hybridized carbons (Fsp3) is 0.800. The average Bonchev–Trinajstić information content (AvgIpc) is 2.36. The van der Waals surface area contributed by atoms with Crippen molar-refractivity contribution in [2.24, 2.45) is 11.3 Å². The van der Waals surface area contributed by atoms with Crippen molar-refractivity contribution in [1.29, 1.82) is 5.26 Å². The maximum absolute atomic E-state index is 10.9. The Morgan fingerprint density at radius 1 is 1.41 bits per heavy atom. The molecule has 0 spiro atoms. The maximum atomic E-state index is 10.9. The fourth-order valence-corrected chi connectivity index (χ4v) is 2.97. The van der Waals surface area contributed by atoms with Crippen LogP contribution in [0.4, 0.5) is 0 Å². The monoisotopic (exact) mass is 235 g/mol. The molecule has 1 aliphatic rings. The van der Waals surface area contributed by atoms with E-state index in [1.165, 1.54) is 12.0 Å². The van der Waals surface area contributed by atoms with Gasteiger partial charge in [0, 0.05) is 0 Å². The molecule has 2 heteroatoms. The largest absolute Gasteiger partial charge is 0.388 e. The molecular formula is C15H25NO. The Morgan fingerprint density at radius 2 is 1.94 bits per heavy atom. The Kier molecular flexibility index (Phi) is 4.38. The van der Waals surface area contributed by atoms with Crippen molar-refractivity contribution >= 4 is 0 Å². The maximum Gasteiger partial charge on any atom is 0.0894 e. The van der Waals surface area contributed by atoms with E-state index in [0.717, 1.165) is 25.7 Å². The summed E-state index contributed by atoms with van der Waals surface area (Å²) in [4.78, 5) is 0. The fourth-order valence-electron chi connectivity index (χ4n) is 2.97.